The summed E-state index contributed by atoms with van der Waals surface area (Å²) in [4.78, 5) is 28.5. The van der Waals surface area contributed by atoms with E-state index in [1.165, 1.54) is 6.20 Å². The first-order valence-electron chi connectivity index (χ1n) is 8.20. The summed E-state index contributed by atoms with van der Waals surface area (Å²) in [5, 5.41) is 13.5. The third kappa shape index (κ3) is 3.41. The van der Waals surface area contributed by atoms with Gasteiger partial charge in [0.05, 0.1) is 29.9 Å². The standard InChI is InChI=1S/C18H16ClN5O3/c1-3-27-15(25)10-24-18(26)16(19)12(9-21-24)11(8-20)17-22-13-6-4-5-7-14(13)23(17)2/h4-7,9,11H,3,10H2,1-2H3. The molecule has 0 saturated carbocycles. The first kappa shape index (κ1) is 18.6. The van der Waals surface area contributed by atoms with Crippen molar-refractivity contribution in [1.29, 1.82) is 5.26 Å². The van der Waals surface area contributed by atoms with Crippen LogP contribution in [-0.2, 0) is 23.1 Å². The smallest absolute Gasteiger partial charge is 0.327 e. The van der Waals surface area contributed by atoms with Gasteiger partial charge in [-0.15, -0.1) is 0 Å². The minimum absolute atomic E-state index is 0.173. The molecule has 138 valence electrons. The maximum absolute atomic E-state index is 12.5. The van der Waals surface area contributed by atoms with Crippen LogP contribution in [0.25, 0.3) is 11.0 Å². The minimum atomic E-state index is -0.882. The highest BCUT2D eigenvalue weighted by Gasteiger charge is 2.25. The number of esters is 1. The number of rotatable bonds is 5. The molecule has 27 heavy (non-hydrogen) atoms. The average molecular weight is 386 g/mol. The van der Waals surface area contributed by atoms with E-state index in [1.54, 1.807) is 18.5 Å². The molecule has 1 atom stereocenters. The number of imidazole rings is 1. The molecule has 1 aromatic carbocycles. The molecule has 3 rings (SSSR count). The van der Waals surface area contributed by atoms with Gasteiger partial charge < -0.3 is 9.30 Å². The third-order valence-corrected chi connectivity index (χ3v) is 4.50. The predicted molar refractivity (Wildman–Crippen MR) is 98.3 cm³/mol. The summed E-state index contributed by atoms with van der Waals surface area (Å²) in [7, 11) is 1.79. The van der Waals surface area contributed by atoms with Crippen LogP contribution in [0.1, 0.15) is 24.2 Å². The highest BCUT2D eigenvalue weighted by molar-refractivity contribution is 6.31. The van der Waals surface area contributed by atoms with E-state index in [4.69, 9.17) is 16.3 Å². The third-order valence-electron chi connectivity index (χ3n) is 4.12. The number of ether oxygens (including phenoxy) is 1. The molecular formula is C18H16ClN5O3. The van der Waals surface area contributed by atoms with Crippen LogP contribution in [-0.4, -0.2) is 31.9 Å². The van der Waals surface area contributed by atoms with Gasteiger partial charge in [-0.05, 0) is 19.1 Å². The molecule has 0 aliphatic heterocycles. The zero-order chi connectivity index (χ0) is 19.6. The Morgan fingerprint density at radius 1 is 1.41 bits per heavy atom. The van der Waals surface area contributed by atoms with Gasteiger partial charge in [-0.25, -0.2) is 9.67 Å². The van der Waals surface area contributed by atoms with Crippen molar-refractivity contribution in [3.8, 4) is 6.07 Å². The molecule has 1 unspecified atom stereocenters. The van der Waals surface area contributed by atoms with Gasteiger partial charge in [0.1, 0.15) is 23.3 Å². The van der Waals surface area contributed by atoms with Crippen molar-refractivity contribution in [3.63, 3.8) is 0 Å². The lowest BCUT2D eigenvalue weighted by atomic mass is 10.0. The van der Waals surface area contributed by atoms with Crippen molar-refractivity contribution in [3.05, 3.63) is 57.2 Å². The maximum atomic E-state index is 12.5. The number of carbonyl (C=O) groups is 1. The van der Waals surface area contributed by atoms with Crippen LogP contribution in [0.2, 0.25) is 5.02 Å². The summed E-state index contributed by atoms with van der Waals surface area (Å²) in [6, 6.07) is 9.59. The molecule has 0 radical (unpaired) electrons. The predicted octanol–water partition coefficient (Wildman–Crippen LogP) is 2.00. The molecule has 0 amide bonds. The summed E-state index contributed by atoms with van der Waals surface area (Å²) >= 11 is 6.22. The number of nitriles is 1. The Kier molecular flexibility index (Phi) is 5.23. The second-order valence-electron chi connectivity index (χ2n) is 5.76. The fourth-order valence-electron chi connectivity index (χ4n) is 2.81. The highest BCUT2D eigenvalue weighted by Crippen LogP contribution is 2.28. The largest absolute Gasteiger partial charge is 0.465 e. The molecule has 2 aromatic heterocycles. The Morgan fingerprint density at radius 3 is 2.81 bits per heavy atom. The zero-order valence-corrected chi connectivity index (χ0v) is 15.5. The summed E-state index contributed by atoms with van der Waals surface area (Å²) in [6.07, 6.45) is 1.32. The normalized spacial score (nSPS) is 11.9. The van der Waals surface area contributed by atoms with Gasteiger partial charge >= 0.3 is 5.97 Å². The number of hydrogen-bond donors (Lipinski definition) is 0. The maximum Gasteiger partial charge on any atom is 0.327 e. The second-order valence-corrected chi connectivity index (χ2v) is 6.14. The molecule has 0 aliphatic rings. The van der Waals surface area contributed by atoms with Crippen molar-refractivity contribution < 1.29 is 9.53 Å². The van der Waals surface area contributed by atoms with Crippen LogP contribution >= 0.6 is 11.6 Å². The molecule has 0 aliphatic carbocycles. The molecule has 8 nitrogen and oxygen atoms in total. The lowest BCUT2D eigenvalue weighted by molar-refractivity contribution is -0.144. The van der Waals surface area contributed by atoms with Gasteiger partial charge in [-0.1, -0.05) is 23.7 Å². The molecule has 2 heterocycles. The fraction of sp³-hybridized carbons (Fsp3) is 0.278. The molecule has 0 spiro atoms. The molecule has 0 saturated heterocycles. The number of aromatic nitrogens is 4. The number of benzene rings is 1. The van der Waals surface area contributed by atoms with Gasteiger partial charge in [0.2, 0.25) is 0 Å². The molecular weight excluding hydrogens is 370 g/mol. The number of nitrogens with zero attached hydrogens (tertiary/aromatic N) is 5. The van der Waals surface area contributed by atoms with E-state index in [0.29, 0.717) is 5.82 Å². The Morgan fingerprint density at radius 2 is 2.15 bits per heavy atom. The van der Waals surface area contributed by atoms with E-state index in [9.17, 15) is 14.9 Å². The number of para-hydroxylation sites is 2. The Balaban J connectivity index is 2.04. The van der Waals surface area contributed by atoms with E-state index in [0.717, 1.165) is 15.7 Å². The molecule has 0 N–H and O–H groups in total. The van der Waals surface area contributed by atoms with E-state index in [2.05, 4.69) is 16.2 Å². The zero-order valence-electron chi connectivity index (χ0n) is 14.7. The first-order chi connectivity index (χ1) is 13.0. The number of carbonyl (C=O) groups excluding carboxylic acids is 1. The van der Waals surface area contributed by atoms with Gasteiger partial charge in [0, 0.05) is 12.6 Å². The van der Waals surface area contributed by atoms with Gasteiger partial charge in [0.15, 0.2) is 0 Å². The van der Waals surface area contributed by atoms with Crippen molar-refractivity contribution in [2.75, 3.05) is 6.61 Å². The van der Waals surface area contributed by atoms with Gasteiger partial charge in [-0.3, -0.25) is 9.59 Å². The van der Waals surface area contributed by atoms with Crippen molar-refractivity contribution >= 4 is 28.6 Å². The monoisotopic (exact) mass is 385 g/mol. The molecule has 3 aromatic rings. The van der Waals surface area contributed by atoms with Crippen LogP contribution in [0.5, 0.6) is 0 Å². The van der Waals surface area contributed by atoms with Crippen LogP contribution in [0.3, 0.4) is 0 Å². The molecule has 9 heteroatoms. The lowest BCUT2D eigenvalue weighted by Crippen LogP contribution is -2.29. The summed E-state index contributed by atoms with van der Waals surface area (Å²) in [6.45, 7) is 1.51. The molecule has 0 bridgehead atoms. The summed E-state index contributed by atoms with van der Waals surface area (Å²) in [5.41, 5.74) is 1.16. The summed E-state index contributed by atoms with van der Waals surface area (Å²) in [5.74, 6) is -1.03. The van der Waals surface area contributed by atoms with Crippen LogP contribution < -0.4 is 5.56 Å². The van der Waals surface area contributed by atoms with E-state index < -0.39 is 17.4 Å². The van der Waals surface area contributed by atoms with Gasteiger partial charge in [0.25, 0.3) is 5.56 Å². The number of hydrogen-bond acceptors (Lipinski definition) is 6. The Hall–Kier alpha value is -3.18. The van der Waals surface area contributed by atoms with Crippen molar-refractivity contribution in [1.82, 2.24) is 19.3 Å². The van der Waals surface area contributed by atoms with Crippen molar-refractivity contribution in [2.24, 2.45) is 7.05 Å². The van der Waals surface area contributed by atoms with Crippen molar-refractivity contribution in [2.45, 2.75) is 19.4 Å². The second kappa shape index (κ2) is 7.60. The number of aryl methyl sites for hydroxylation is 1. The highest BCUT2D eigenvalue weighted by atomic mass is 35.5. The molecule has 0 fully saturated rings. The minimum Gasteiger partial charge on any atom is -0.465 e. The number of fused-ring (bicyclic) bond motifs is 1. The average Bonchev–Trinajstić information content (AvgIpc) is 2.99. The van der Waals surface area contributed by atoms with Crippen LogP contribution in [0, 0.1) is 11.3 Å². The SMILES string of the molecule is CCOC(=O)Cn1ncc(C(C#N)c2nc3ccccc3n2C)c(Cl)c1=O. The van der Waals surface area contributed by atoms with E-state index in [-0.39, 0.29) is 23.7 Å². The van der Waals surface area contributed by atoms with E-state index in [1.807, 2.05) is 24.3 Å². The Labute approximate surface area is 159 Å². The first-order valence-corrected chi connectivity index (χ1v) is 8.57. The topological polar surface area (TPSA) is 103 Å². The van der Waals surface area contributed by atoms with Gasteiger partial charge in [-0.2, -0.15) is 10.4 Å². The van der Waals surface area contributed by atoms with Crippen LogP contribution in [0.4, 0.5) is 0 Å². The lowest BCUT2D eigenvalue weighted by Gasteiger charge is -2.12. The number of halogens is 1. The fourth-order valence-corrected chi connectivity index (χ4v) is 3.06. The quantitative estimate of drug-likeness (QED) is 0.622. The van der Waals surface area contributed by atoms with Crippen LogP contribution in [0.15, 0.2) is 35.3 Å². The Bertz CT molecular complexity index is 1110. The summed E-state index contributed by atoms with van der Waals surface area (Å²) < 4.78 is 7.50. The van der Waals surface area contributed by atoms with E-state index >= 15 is 0 Å².